The molecule has 9 heteroatoms. The highest BCUT2D eigenvalue weighted by Gasteiger charge is 2.33. The van der Waals surface area contributed by atoms with E-state index in [0.717, 1.165) is 18.2 Å². The number of furan rings is 1. The van der Waals surface area contributed by atoms with E-state index in [4.69, 9.17) is 9.52 Å². The van der Waals surface area contributed by atoms with Gasteiger partial charge in [-0.1, -0.05) is 6.92 Å². The molecule has 0 aliphatic carbocycles. The first-order valence-corrected chi connectivity index (χ1v) is 9.28. The molecule has 0 spiro atoms. The fourth-order valence-electron chi connectivity index (χ4n) is 1.93. The molecule has 0 amide bonds. The molecule has 1 N–H and O–H groups in total. The van der Waals surface area contributed by atoms with Crippen LogP contribution in [0.1, 0.15) is 23.9 Å². The van der Waals surface area contributed by atoms with E-state index >= 15 is 0 Å². The maximum Gasteiger partial charge on any atom is 0.371 e. The van der Waals surface area contributed by atoms with Crippen molar-refractivity contribution in [2.75, 3.05) is 18.8 Å². The van der Waals surface area contributed by atoms with Crippen LogP contribution in [0.15, 0.2) is 20.0 Å². The van der Waals surface area contributed by atoms with Crippen LogP contribution < -0.4 is 0 Å². The van der Waals surface area contributed by atoms with E-state index in [9.17, 15) is 13.2 Å². The van der Waals surface area contributed by atoms with Crippen LogP contribution in [0, 0.1) is 0 Å². The van der Waals surface area contributed by atoms with Gasteiger partial charge in [0.15, 0.2) is 4.67 Å². The summed E-state index contributed by atoms with van der Waals surface area (Å²) in [5.74, 6) is -0.958. The molecule has 20 heavy (non-hydrogen) atoms. The molecule has 1 unspecified atom stereocenters. The Morgan fingerprint density at radius 3 is 2.90 bits per heavy atom. The van der Waals surface area contributed by atoms with Gasteiger partial charge in [0.05, 0.1) is 0 Å². The van der Waals surface area contributed by atoms with Crippen LogP contribution in [-0.2, 0) is 10.0 Å². The highest BCUT2D eigenvalue weighted by Crippen LogP contribution is 2.31. The molecule has 1 aliphatic rings. The Morgan fingerprint density at radius 2 is 2.35 bits per heavy atom. The zero-order valence-electron chi connectivity index (χ0n) is 10.7. The summed E-state index contributed by atoms with van der Waals surface area (Å²) in [4.78, 5) is 10.7. The summed E-state index contributed by atoms with van der Waals surface area (Å²) in [6.45, 7) is 2.87. The lowest BCUT2D eigenvalue weighted by molar-refractivity contribution is 0.0661. The second-order valence-electron chi connectivity index (χ2n) is 4.32. The number of carbonyl (C=O) groups is 1. The number of hydrogen-bond acceptors (Lipinski definition) is 5. The number of aromatic carboxylic acids is 1. The van der Waals surface area contributed by atoms with Crippen LogP contribution in [0.2, 0.25) is 0 Å². The van der Waals surface area contributed by atoms with Crippen LogP contribution in [0.25, 0.3) is 0 Å². The van der Waals surface area contributed by atoms with Gasteiger partial charge in [0.2, 0.25) is 15.8 Å². The van der Waals surface area contributed by atoms with Gasteiger partial charge in [0.25, 0.3) is 0 Å². The summed E-state index contributed by atoms with van der Waals surface area (Å²) >= 11 is 4.74. The van der Waals surface area contributed by atoms with Gasteiger partial charge in [-0.3, -0.25) is 0 Å². The molecule has 0 aromatic carbocycles. The van der Waals surface area contributed by atoms with Gasteiger partial charge in [-0.15, -0.1) is 0 Å². The Balaban J connectivity index is 2.32. The van der Waals surface area contributed by atoms with Gasteiger partial charge in [-0.25, -0.2) is 13.2 Å². The molecule has 1 aromatic heterocycles. The van der Waals surface area contributed by atoms with Crippen molar-refractivity contribution in [1.82, 2.24) is 4.31 Å². The molecule has 2 rings (SSSR count). The number of nitrogens with zero attached hydrogens (tertiary/aromatic N) is 1. The Morgan fingerprint density at radius 1 is 1.65 bits per heavy atom. The van der Waals surface area contributed by atoms with E-state index in [1.807, 2.05) is 6.92 Å². The minimum atomic E-state index is -3.73. The molecule has 112 valence electrons. The number of thioether (sulfide) groups is 1. The predicted molar refractivity (Wildman–Crippen MR) is 78.7 cm³/mol. The zero-order chi connectivity index (χ0) is 14.9. The van der Waals surface area contributed by atoms with Crippen molar-refractivity contribution in [1.29, 1.82) is 0 Å². The fraction of sp³-hybridized carbons (Fsp3) is 0.545. The van der Waals surface area contributed by atoms with Crippen LogP contribution in [0.4, 0.5) is 0 Å². The van der Waals surface area contributed by atoms with Crippen molar-refractivity contribution in [3.63, 3.8) is 0 Å². The molecule has 1 atom stereocenters. The highest BCUT2D eigenvalue weighted by molar-refractivity contribution is 9.10. The van der Waals surface area contributed by atoms with E-state index in [-0.39, 0.29) is 14.8 Å². The molecular weight excluding hydrogens is 370 g/mol. The number of carboxylic acids is 1. The Kier molecular flexibility index (Phi) is 4.83. The second kappa shape index (κ2) is 6.08. The number of sulfonamides is 1. The maximum absolute atomic E-state index is 12.5. The normalized spacial score (nSPS) is 21.0. The van der Waals surface area contributed by atoms with Crippen molar-refractivity contribution < 1.29 is 22.7 Å². The first kappa shape index (κ1) is 15.9. The average Bonchev–Trinajstić information content (AvgIpc) is 2.82. The van der Waals surface area contributed by atoms with Crippen LogP contribution in [0.5, 0.6) is 0 Å². The minimum Gasteiger partial charge on any atom is -0.475 e. The third-order valence-electron chi connectivity index (χ3n) is 3.04. The van der Waals surface area contributed by atoms with Crippen molar-refractivity contribution in [2.24, 2.45) is 0 Å². The predicted octanol–water partition coefficient (Wildman–Crippen LogP) is 2.26. The van der Waals surface area contributed by atoms with Gasteiger partial charge in [0.1, 0.15) is 4.90 Å². The van der Waals surface area contributed by atoms with Crippen LogP contribution >= 0.6 is 27.7 Å². The van der Waals surface area contributed by atoms with Gasteiger partial charge < -0.3 is 9.52 Å². The van der Waals surface area contributed by atoms with Crippen molar-refractivity contribution >= 4 is 43.7 Å². The molecule has 6 nitrogen and oxygen atoms in total. The molecule has 1 saturated heterocycles. The first-order chi connectivity index (χ1) is 9.36. The molecule has 1 fully saturated rings. The molecule has 2 heterocycles. The lowest BCUT2D eigenvalue weighted by atomic mass is 10.3. The van der Waals surface area contributed by atoms with E-state index in [1.54, 1.807) is 11.8 Å². The third kappa shape index (κ3) is 3.05. The Bertz CT molecular complexity index is 612. The van der Waals surface area contributed by atoms with Crippen molar-refractivity contribution in [2.45, 2.75) is 23.5 Å². The number of halogens is 1. The van der Waals surface area contributed by atoms with Gasteiger partial charge in [-0.05, 0) is 22.4 Å². The zero-order valence-corrected chi connectivity index (χ0v) is 13.9. The highest BCUT2D eigenvalue weighted by atomic mass is 79.9. The van der Waals surface area contributed by atoms with E-state index in [2.05, 4.69) is 15.9 Å². The van der Waals surface area contributed by atoms with Gasteiger partial charge in [0, 0.05) is 30.2 Å². The quantitative estimate of drug-likeness (QED) is 0.857. The standard InChI is InChI=1S/C11H14BrNO5S2/c1-2-7-6-13(3-4-19-7)20(16,17)9-5-8(11(14)15)18-10(9)12/h5,7H,2-4,6H2,1H3,(H,14,15). The monoisotopic (exact) mass is 383 g/mol. The van der Waals surface area contributed by atoms with E-state index < -0.39 is 21.8 Å². The minimum absolute atomic E-state index is 0.0684. The summed E-state index contributed by atoms with van der Waals surface area (Å²) in [5.41, 5.74) is 0. The second-order valence-corrected chi connectivity index (χ2v) is 8.35. The Hall–Kier alpha value is -0.510. The van der Waals surface area contributed by atoms with Crippen LogP contribution in [0.3, 0.4) is 0 Å². The van der Waals surface area contributed by atoms with Gasteiger partial charge >= 0.3 is 5.97 Å². The summed E-state index contributed by atoms with van der Waals surface area (Å²) in [6, 6.07) is 1.05. The van der Waals surface area contributed by atoms with Gasteiger partial charge in [-0.2, -0.15) is 16.1 Å². The first-order valence-electron chi connectivity index (χ1n) is 6.00. The largest absolute Gasteiger partial charge is 0.475 e. The summed E-state index contributed by atoms with van der Waals surface area (Å²) in [6.07, 6.45) is 0.892. The summed E-state index contributed by atoms with van der Waals surface area (Å²) in [5, 5.41) is 9.12. The summed E-state index contributed by atoms with van der Waals surface area (Å²) < 4.78 is 31.3. The molecule has 0 bridgehead atoms. The van der Waals surface area contributed by atoms with Crippen molar-refractivity contribution in [3.05, 3.63) is 16.5 Å². The average molecular weight is 384 g/mol. The molecule has 0 saturated carbocycles. The maximum atomic E-state index is 12.5. The molecule has 1 aliphatic heterocycles. The number of rotatable bonds is 4. The SMILES string of the molecule is CCC1CN(S(=O)(=O)c2cc(C(=O)O)oc2Br)CCS1. The Labute approximate surface area is 129 Å². The smallest absolute Gasteiger partial charge is 0.371 e. The topological polar surface area (TPSA) is 87.8 Å². The fourth-order valence-corrected chi connectivity index (χ4v) is 5.71. The molecule has 1 aromatic rings. The number of hydrogen-bond donors (Lipinski definition) is 1. The third-order valence-corrected chi connectivity index (χ3v) is 7.14. The van der Waals surface area contributed by atoms with E-state index in [1.165, 1.54) is 4.31 Å². The summed E-state index contributed by atoms with van der Waals surface area (Å²) in [7, 11) is -3.73. The van der Waals surface area contributed by atoms with Crippen LogP contribution in [-0.4, -0.2) is 47.9 Å². The number of carboxylic acid groups (broad SMARTS) is 1. The van der Waals surface area contributed by atoms with E-state index in [0.29, 0.717) is 13.1 Å². The lowest BCUT2D eigenvalue weighted by Gasteiger charge is -2.30. The lowest BCUT2D eigenvalue weighted by Crippen LogP contribution is -2.41. The van der Waals surface area contributed by atoms with Crippen molar-refractivity contribution in [3.8, 4) is 0 Å². The molecule has 0 radical (unpaired) electrons. The molecular formula is C11H14BrNO5S2.